The molecule has 8 heteroatoms. The van der Waals surface area contributed by atoms with Gasteiger partial charge in [-0.25, -0.2) is 4.79 Å². The van der Waals surface area contributed by atoms with Crippen molar-refractivity contribution >= 4 is 17.3 Å². The highest BCUT2D eigenvalue weighted by atomic mass is 32.1. The van der Waals surface area contributed by atoms with Crippen LogP contribution in [0.4, 0.5) is 0 Å². The van der Waals surface area contributed by atoms with Crippen LogP contribution in [0.25, 0.3) is 10.8 Å². The molecule has 0 amide bonds. The maximum absolute atomic E-state index is 12.4. The molecule has 0 aliphatic heterocycles. The highest BCUT2D eigenvalue weighted by Gasteiger charge is 2.21. The predicted octanol–water partition coefficient (Wildman–Crippen LogP) is 3.73. The van der Waals surface area contributed by atoms with Crippen molar-refractivity contribution in [1.29, 1.82) is 0 Å². The lowest BCUT2D eigenvalue weighted by Crippen LogP contribution is -2.10. The Morgan fingerprint density at radius 2 is 1.88 bits per heavy atom. The number of esters is 1. The number of hydrogen-bond donors (Lipinski definition) is 0. The number of benzene rings is 1. The van der Waals surface area contributed by atoms with E-state index in [-0.39, 0.29) is 5.89 Å². The number of carbonyl (C=O) groups is 1. The van der Waals surface area contributed by atoms with Crippen molar-refractivity contribution in [3.05, 3.63) is 47.2 Å². The molecule has 0 N–H and O–H groups in total. The van der Waals surface area contributed by atoms with Crippen molar-refractivity contribution in [3.8, 4) is 22.3 Å². The van der Waals surface area contributed by atoms with E-state index in [1.54, 1.807) is 25.1 Å². The molecule has 2 heterocycles. The summed E-state index contributed by atoms with van der Waals surface area (Å²) in [6.45, 7) is 1.67. The van der Waals surface area contributed by atoms with Crippen LogP contribution < -0.4 is 9.47 Å². The number of thiophene rings is 1. The first-order valence-corrected chi connectivity index (χ1v) is 8.30. The van der Waals surface area contributed by atoms with Crippen LogP contribution in [0.2, 0.25) is 0 Å². The summed E-state index contributed by atoms with van der Waals surface area (Å²) in [6.07, 6.45) is -0.689. The zero-order valence-electron chi connectivity index (χ0n) is 13.9. The lowest BCUT2D eigenvalue weighted by molar-refractivity contribution is 0.0279. The molecule has 130 valence electrons. The van der Waals surface area contributed by atoms with E-state index in [4.69, 9.17) is 18.6 Å². The van der Waals surface area contributed by atoms with E-state index in [0.29, 0.717) is 23.0 Å². The highest BCUT2D eigenvalue weighted by Crippen LogP contribution is 2.27. The Hall–Kier alpha value is -2.87. The van der Waals surface area contributed by atoms with Crippen LogP contribution in [0.1, 0.15) is 29.3 Å². The van der Waals surface area contributed by atoms with Crippen molar-refractivity contribution in [1.82, 2.24) is 10.2 Å². The molecule has 3 aromatic rings. The predicted molar refractivity (Wildman–Crippen MR) is 91.0 cm³/mol. The molecule has 0 saturated heterocycles. The van der Waals surface area contributed by atoms with Gasteiger partial charge in [0.2, 0.25) is 0 Å². The molecule has 25 heavy (non-hydrogen) atoms. The van der Waals surface area contributed by atoms with Gasteiger partial charge in [0.1, 0.15) is 11.5 Å². The molecule has 1 unspecified atom stereocenters. The number of rotatable bonds is 6. The van der Waals surface area contributed by atoms with E-state index >= 15 is 0 Å². The van der Waals surface area contributed by atoms with E-state index in [1.807, 2.05) is 17.5 Å². The number of nitrogens with zero attached hydrogens (tertiary/aromatic N) is 2. The Bertz CT molecular complexity index is 838. The topological polar surface area (TPSA) is 83.7 Å². The van der Waals surface area contributed by atoms with Gasteiger partial charge in [0.05, 0.1) is 24.7 Å². The van der Waals surface area contributed by atoms with Gasteiger partial charge >= 0.3 is 5.97 Å². The second kappa shape index (κ2) is 7.35. The van der Waals surface area contributed by atoms with Crippen LogP contribution >= 0.6 is 11.3 Å². The summed E-state index contributed by atoms with van der Waals surface area (Å²) in [7, 11) is 3.02. The number of hydrogen-bond acceptors (Lipinski definition) is 8. The van der Waals surface area contributed by atoms with E-state index < -0.39 is 12.1 Å². The molecule has 7 nitrogen and oxygen atoms in total. The minimum atomic E-state index is -0.689. The van der Waals surface area contributed by atoms with Crippen LogP contribution in [-0.4, -0.2) is 30.4 Å². The number of ether oxygens (including phenoxy) is 3. The van der Waals surface area contributed by atoms with Gasteiger partial charge in [-0.3, -0.25) is 0 Å². The Balaban J connectivity index is 1.74. The smallest absolute Gasteiger partial charge is 0.339 e. The lowest BCUT2D eigenvalue weighted by Gasteiger charge is -2.11. The van der Waals surface area contributed by atoms with Crippen LogP contribution in [0, 0.1) is 0 Å². The third-order valence-electron chi connectivity index (χ3n) is 3.39. The second-order valence-corrected chi connectivity index (χ2v) is 6.02. The van der Waals surface area contributed by atoms with Crippen LogP contribution in [0.5, 0.6) is 11.5 Å². The standard InChI is InChI=1S/C17H16N2O5S/c1-10(15-18-19-16(24-15)14-5-4-6-25-14)23-17(20)11-7-12(21-2)9-13(8-11)22-3/h4-10H,1-3H3. The normalized spacial score (nSPS) is 11.8. The first-order chi connectivity index (χ1) is 12.1. The zero-order valence-corrected chi connectivity index (χ0v) is 14.7. The van der Waals surface area contributed by atoms with E-state index in [1.165, 1.54) is 25.6 Å². The summed E-state index contributed by atoms with van der Waals surface area (Å²) < 4.78 is 21.3. The van der Waals surface area contributed by atoms with Crippen molar-refractivity contribution < 1.29 is 23.4 Å². The monoisotopic (exact) mass is 360 g/mol. The first-order valence-electron chi connectivity index (χ1n) is 7.42. The van der Waals surface area contributed by atoms with Crippen molar-refractivity contribution in [2.24, 2.45) is 0 Å². The molecule has 0 spiro atoms. The molecule has 0 fully saturated rings. The molecule has 1 aromatic carbocycles. The molecule has 0 bridgehead atoms. The Kier molecular flexibility index (Phi) is 4.99. The van der Waals surface area contributed by atoms with E-state index in [9.17, 15) is 4.79 Å². The molecule has 3 rings (SSSR count). The molecule has 0 aliphatic carbocycles. The van der Waals surface area contributed by atoms with E-state index in [2.05, 4.69) is 10.2 Å². The van der Waals surface area contributed by atoms with Crippen LogP contribution in [-0.2, 0) is 4.74 Å². The number of aromatic nitrogens is 2. The zero-order chi connectivity index (χ0) is 17.8. The van der Waals surface area contributed by atoms with Crippen molar-refractivity contribution in [2.75, 3.05) is 14.2 Å². The molecule has 0 aliphatic rings. The van der Waals surface area contributed by atoms with Gasteiger partial charge in [-0.1, -0.05) is 6.07 Å². The fourth-order valence-corrected chi connectivity index (χ4v) is 2.75. The van der Waals surface area contributed by atoms with Gasteiger partial charge in [0.25, 0.3) is 11.8 Å². The second-order valence-electron chi connectivity index (χ2n) is 5.07. The molecular weight excluding hydrogens is 344 g/mol. The maximum atomic E-state index is 12.4. The molecule has 0 saturated carbocycles. The fraction of sp³-hybridized carbons (Fsp3) is 0.235. The SMILES string of the molecule is COc1cc(OC)cc(C(=O)OC(C)c2nnc(-c3cccs3)o2)c1. The molecule has 1 atom stereocenters. The van der Waals surface area contributed by atoms with Crippen LogP contribution in [0.3, 0.4) is 0 Å². The van der Waals surface area contributed by atoms with Gasteiger partial charge in [0.15, 0.2) is 6.10 Å². The summed E-state index contributed by atoms with van der Waals surface area (Å²) in [5, 5.41) is 9.84. The van der Waals surface area contributed by atoms with Gasteiger partial charge in [0, 0.05) is 6.07 Å². The molecule has 0 radical (unpaired) electrons. The molecule has 2 aromatic heterocycles. The van der Waals surface area contributed by atoms with Gasteiger partial charge in [-0.2, -0.15) is 0 Å². The van der Waals surface area contributed by atoms with Crippen LogP contribution in [0.15, 0.2) is 40.1 Å². The van der Waals surface area contributed by atoms with Gasteiger partial charge in [-0.05, 0) is 30.5 Å². The summed E-state index contributed by atoms with van der Waals surface area (Å²) in [4.78, 5) is 13.2. The third kappa shape index (κ3) is 3.80. The summed E-state index contributed by atoms with van der Waals surface area (Å²) in [5.41, 5.74) is 0.307. The summed E-state index contributed by atoms with van der Waals surface area (Å²) in [5.74, 6) is 1.08. The average Bonchev–Trinajstić information content (AvgIpc) is 3.32. The van der Waals surface area contributed by atoms with E-state index in [0.717, 1.165) is 4.88 Å². The minimum Gasteiger partial charge on any atom is -0.497 e. The lowest BCUT2D eigenvalue weighted by atomic mass is 10.2. The van der Waals surface area contributed by atoms with Gasteiger partial charge in [-0.15, -0.1) is 21.5 Å². The Morgan fingerprint density at radius 3 is 2.48 bits per heavy atom. The van der Waals surface area contributed by atoms with Gasteiger partial charge < -0.3 is 18.6 Å². The van der Waals surface area contributed by atoms with Crippen molar-refractivity contribution in [2.45, 2.75) is 13.0 Å². The summed E-state index contributed by atoms with van der Waals surface area (Å²) in [6, 6.07) is 8.58. The third-order valence-corrected chi connectivity index (χ3v) is 4.25. The molecular formula is C17H16N2O5S. The number of carbonyl (C=O) groups excluding carboxylic acids is 1. The highest BCUT2D eigenvalue weighted by molar-refractivity contribution is 7.13. The average molecular weight is 360 g/mol. The fourth-order valence-electron chi connectivity index (χ4n) is 2.10. The van der Waals surface area contributed by atoms with Crippen molar-refractivity contribution in [3.63, 3.8) is 0 Å². The maximum Gasteiger partial charge on any atom is 0.339 e. The summed E-state index contributed by atoms with van der Waals surface area (Å²) >= 11 is 1.49. The number of methoxy groups -OCH3 is 2. The largest absolute Gasteiger partial charge is 0.497 e. The quantitative estimate of drug-likeness (QED) is 0.619. The first kappa shape index (κ1) is 17.0. The minimum absolute atomic E-state index is 0.228. The Labute approximate surface area is 148 Å². The Morgan fingerprint density at radius 1 is 1.16 bits per heavy atom.